The van der Waals surface area contributed by atoms with Crippen LogP contribution in [0.25, 0.3) is 17.0 Å². The summed E-state index contributed by atoms with van der Waals surface area (Å²) >= 11 is 0. The van der Waals surface area contributed by atoms with E-state index in [1.54, 1.807) is 12.1 Å². The molecule has 0 bridgehead atoms. The summed E-state index contributed by atoms with van der Waals surface area (Å²) < 4.78 is 29.0. The first-order valence-corrected chi connectivity index (χ1v) is 10.8. The van der Waals surface area contributed by atoms with Crippen molar-refractivity contribution in [3.63, 3.8) is 0 Å². The van der Waals surface area contributed by atoms with Gasteiger partial charge < -0.3 is 10.1 Å². The van der Waals surface area contributed by atoms with Crippen molar-refractivity contribution in [2.24, 2.45) is 5.92 Å². The standard InChI is InChI=1S/C26H28F2N2O2/c1-16(14-27)15-30-25(19-10-8-17(12-21(19)28)9-11-23(31)32)24-20(13-26(30,2)3)18-6-4-5-7-22(18)29-24/h4-12,16,25,29H,13-15H2,1-3H3,(H,31,32)/t16-,25?/m1/s1. The quantitative estimate of drug-likeness (QED) is 0.483. The van der Waals surface area contributed by atoms with Crippen molar-refractivity contribution in [1.82, 2.24) is 9.88 Å². The fourth-order valence-corrected chi connectivity index (χ4v) is 4.78. The van der Waals surface area contributed by atoms with E-state index in [0.717, 1.165) is 34.7 Å². The van der Waals surface area contributed by atoms with Gasteiger partial charge in [0, 0.05) is 40.3 Å². The number of carboxylic acid groups (broad SMARTS) is 1. The highest BCUT2D eigenvalue weighted by Gasteiger charge is 2.43. The van der Waals surface area contributed by atoms with E-state index >= 15 is 4.39 Å². The Labute approximate surface area is 186 Å². The van der Waals surface area contributed by atoms with Gasteiger partial charge in [-0.05, 0) is 55.5 Å². The predicted molar refractivity (Wildman–Crippen MR) is 123 cm³/mol. The molecule has 0 fully saturated rings. The van der Waals surface area contributed by atoms with E-state index in [9.17, 15) is 9.18 Å². The van der Waals surface area contributed by atoms with Gasteiger partial charge in [-0.3, -0.25) is 9.29 Å². The molecule has 0 saturated carbocycles. The predicted octanol–water partition coefficient (Wildman–Crippen LogP) is 5.74. The second-order valence-corrected chi connectivity index (χ2v) is 9.32. The lowest BCUT2D eigenvalue weighted by molar-refractivity contribution is -0.131. The van der Waals surface area contributed by atoms with Gasteiger partial charge in [-0.2, -0.15) is 0 Å². The van der Waals surface area contributed by atoms with Crippen molar-refractivity contribution in [3.8, 4) is 0 Å². The summed E-state index contributed by atoms with van der Waals surface area (Å²) in [5.74, 6) is -1.69. The lowest BCUT2D eigenvalue weighted by Gasteiger charge is -2.48. The van der Waals surface area contributed by atoms with Crippen LogP contribution in [-0.4, -0.2) is 39.7 Å². The minimum atomic E-state index is -1.09. The summed E-state index contributed by atoms with van der Waals surface area (Å²) in [6.07, 6.45) is 3.13. The molecule has 168 valence electrons. The van der Waals surface area contributed by atoms with Crippen LogP contribution < -0.4 is 0 Å². The van der Waals surface area contributed by atoms with Crippen molar-refractivity contribution in [1.29, 1.82) is 0 Å². The number of carbonyl (C=O) groups is 1. The third-order valence-electron chi connectivity index (χ3n) is 6.33. The van der Waals surface area contributed by atoms with Crippen molar-refractivity contribution in [2.45, 2.75) is 38.8 Å². The topological polar surface area (TPSA) is 56.3 Å². The zero-order chi connectivity index (χ0) is 23.0. The summed E-state index contributed by atoms with van der Waals surface area (Å²) in [5, 5.41) is 9.98. The first-order chi connectivity index (χ1) is 15.2. The van der Waals surface area contributed by atoms with E-state index in [-0.39, 0.29) is 11.5 Å². The fourth-order valence-electron chi connectivity index (χ4n) is 4.78. The average molecular weight is 439 g/mol. The minimum Gasteiger partial charge on any atom is -0.478 e. The molecule has 0 radical (unpaired) electrons. The van der Waals surface area contributed by atoms with E-state index in [0.29, 0.717) is 17.7 Å². The van der Waals surface area contributed by atoms with Crippen LogP contribution in [-0.2, 0) is 11.2 Å². The summed E-state index contributed by atoms with van der Waals surface area (Å²) in [6.45, 7) is 6.16. The number of hydrogen-bond acceptors (Lipinski definition) is 2. The zero-order valence-corrected chi connectivity index (χ0v) is 18.5. The largest absolute Gasteiger partial charge is 0.478 e. The molecule has 0 saturated heterocycles. The van der Waals surface area contributed by atoms with Crippen molar-refractivity contribution in [2.75, 3.05) is 13.2 Å². The monoisotopic (exact) mass is 438 g/mol. The van der Waals surface area contributed by atoms with E-state index in [4.69, 9.17) is 5.11 Å². The van der Waals surface area contributed by atoms with Gasteiger partial charge in [-0.15, -0.1) is 0 Å². The number of benzene rings is 2. The average Bonchev–Trinajstić information content (AvgIpc) is 3.10. The highest BCUT2D eigenvalue weighted by molar-refractivity contribution is 5.86. The lowest BCUT2D eigenvalue weighted by Crippen LogP contribution is -2.53. The molecule has 1 aliphatic rings. The molecule has 1 unspecified atom stereocenters. The molecular formula is C26H28F2N2O2. The molecule has 1 aliphatic heterocycles. The minimum absolute atomic E-state index is 0.191. The molecule has 2 N–H and O–H groups in total. The Balaban J connectivity index is 1.89. The first-order valence-electron chi connectivity index (χ1n) is 10.8. The molecule has 0 spiro atoms. The molecule has 6 heteroatoms. The Kier molecular flexibility index (Phi) is 5.91. The highest BCUT2D eigenvalue weighted by atomic mass is 19.1. The van der Waals surface area contributed by atoms with Gasteiger partial charge >= 0.3 is 5.97 Å². The fraction of sp³-hybridized carbons (Fsp3) is 0.346. The number of rotatable bonds is 6. The lowest BCUT2D eigenvalue weighted by atomic mass is 9.80. The van der Waals surface area contributed by atoms with Crippen molar-refractivity contribution < 1.29 is 18.7 Å². The SMILES string of the molecule is C[C@H](CF)CN1C(c2ccc(C=CC(=O)O)cc2F)c2[nH]c3ccccc3c2CC1(C)C. The maximum atomic E-state index is 15.5. The van der Waals surface area contributed by atoms with E-state index in [1.807, 2.05) is 25.1 Å². The number of carboxylic acids is 1. The highest BCUT2D eigenvalue weighted by Crippen LogP contribution is 2.45. The normalized spacial score (nSPS) is 19.3. The molecule has 0 aliphatic carbocycles. The van der Waals surface area contributed by atoms with E-state index in [2.05, 4.69) is 29.8 Å². The molecule has 32 heavy (non-hydrogen) atoms. The summed E-state index contributed by atoms with van der Waals surface area (Å²) in [5.41, 5.74) is 3.74. The Morgan fingerprint density at radius 2 is 2.06 bits per heavy atom. The van der Waals surface area contributed by atoms with Gasteiger partial charge in [0.2, 0.25) is 0 Å². The third kappa shape index (κ3) is 4.07. The van der Waals surface area contributed by atoms with Crippen LogP contribution in [0.5, 0.6) is 0 Å². The summed E-state index contributed by atoms with van der Waals surface area (Å²) in [6, 6.07) is 12.4. The smallest absolute Gasteiger partial charge is 0.328 e. The number of halogens is 2. The Bertz CT molecular complexity index is 1180. The number of hydrogen-bond donors (Lipinski definition) is 2. The molecular weight excluding hydrogens is 410 g/mol. The number of aromatic nitrogens is 1. The van der Waals surface area contributed by atoms with Crippen LogP contribution in [0.2, 0.25) is 0 Å². The zero-order valence-electron chi connectivity index (χ0n) is 18.5. The van der Waals surface area contributed by atoms with Crippen LogP contribution in [0.1, 0.15) is 49.2 Å². The molecule has 2 heterocycles. The summed E-state index contributed by atoms with van der Waals surface area (Å²) in [4.78, 5) is 16.5. The molecule has 2 atom stereocenters. The van der Waals surface area contributed by atoms with Crippen LogP contribution in [0, 0.1) is 11.7 Å². The van der Waals surface area contributed by atoms with Crippen LogP contribution in [0.3, 0.4) is 0 Å². The van der Waals surface area contributed by atoms with Gasteiger partial charge in [0.15, 0.2) is 0 Å². The first kappa shape index (κ1) is 22.2. The third-order valence-corrected chi connectivity index (χ3v) is 6.33. The van der Waals surface area contributed by atoms with Gasteiger partial charge in [-0.25, -0.2) is 9.18 Å². The Morgan fingerprint density at radius 3 is 2.75 bits per heavy atom. The number of nitrogens with one attached hydrogen (secondary N) is 1. The molecule has 1 aromatic heterocycles. The number of H-pyrrole nitrogens is 1. The maximum absolute atomic E-state index is 15.5. The molecule has 2 aromatic carbocycles. The van der Waals surface area contributed by atoms with Gasteiger partial charge in [0.05, 0.1) is 12.7 Å². The van der Waals surface area contributed by atoms with Crippen LogP contribution in [0.4, 0.5) is 8.78 Å². The van der Waals surface area contributed by atoms with Gasteiger partial charge in [0.25, 0.3) is 0 Å². The Hall–Kier alpha value is -2.99. The number of fused-ring (bicyclic) bond motifs is 3. The summed E-state index contributed by atoms with van der Waals surface area (Å²) in [7, 11) is 0. The number of para-hydroxylation sites is 1. The van der Waals surface area contributed by atoms with E-state index in [1.165, 1.54) is 12.1 Å². The van der Waals surface area contributed by atoms with Crippen LogP contribution in [0.15, 0.2) is 48.5 Å². The van der Waals surface area contributed by atoms with Crippen molar-refractivity contribution >= 4 is 22.9 Å². The molecule has 3 aromatic rings. The number of nitrogens with zero attached hydrogens (tertiary/aromatic N) is 1. The number of aliphatic carboxylic acids is 1. The second kappa shape index (κ2) is 8.51. The second-order valence-electron chi connectivity index (χ2n) is 9.32. The number of alkyl halides is 1. The van der Waals surface area contributed by atoms with Crippen molar-refractivity contribution in [3.05, 3.63) is 76.7 Å². The van der Waals surface area contributed by atoms with E-state index < -0.39 is 24.5 Å². The van der Waals surface area contributed by atoms with Gasteiger partial charge in [0.1, 0.15) is 5.82 Å². The molecule has 4 rings (SSSR count). The maximum Gasteiger partial charge on any atom is 0.328 e. The van der Waals surface area contributed by atoms with Gasteiger partial charge in [-0.1, -0.05) is 37.3 Å². The number of aromatic amines is 1. The molecule has 4 nitrogen and oxygen atoms in total. The van der Waals surface area contributed by atoms with Crippen LogP contribution >= 0.6 is 0 Å². The Morgan fingerprint density at radius 1 is 1.31 bits per heavy atom. The molecule has 0 amide bonds.